The van der Waals surface area contributed by atoms with Crippen molar-refractivity contribution in [3.05, 3.63) is 34.3 Å². The molecule has 2 heterocycles. The van der Waals surface area contributed by atoms with Crippen LogP contribution in [0, 0.1) is 5.82 Å². The fraction of sp³-hybridized carbons (Fsp3) is 0.500. The molecule has 172 valence electrons. The number of alkyl halides is 1. The maximum Gasteiger partial charge on any atom is 0.354 e. The van der Waals surface area contributed by atoms with Gasteiger partial charge in [-0.3, -0.25) is 0 Å². The number of rotatable bonds is 3. The Hall–Kier alpha value is -2.57. The lowest BCUT2D eigenvalue weighted by atomic mass is 9.98. The number of nitrogens with one attached hydrogen (secondary N) is 1. The maximum absolute atomic E-state index is 14.8. The minimum absolute atomic E-state index is 0.000546. The number of ether oxygens (including phenoxy) is 2. The number of nitrogens with two attached hydrogens (primary N) is 1. The van der Waals surface area contributed by atoms with Crippen molar-refractivity contribution in [2.24, 2.45) is 9.50 Å². The van der Waals surface area contributed by atoms with E-state index in [2.05, 4.69) is 14.8 Å². The lowest BCUT2D eigenvalue weighted by Crippen LogP contribution is -2.32. The van der Waals surface area contributed by atoms with Crippen LogP contribution in [0.15, 0.2) is 15.5 Å². The molecule has 12 heteroatoms. The van der Waals surface area contributed by atoms with Crippen LogP contribution in [-0.4, -0.2) is 46.0 Å². The van der Waals surface area contributed by atoms with Gasteiger partial charge in [-0.05, 0) is 41.5 Å². The van der Waals surface area contributed by atoms with Gasteiger partial charge >= 0.3 is 6.03 Å². The quantitative estimate of drug-likeness (QED) is 0.718. The number of amides is 2. The van der Waals surface area contributed by atoms with Crippen molar-refractivity contribution in [3.63, 3.8) is 0 Å². The molecule has 1 aromatic heterocycles. The van der Waals surface area contributed by atoms with Crippen LogP contribution in [0.25, 0.3) is 0 Å². The zero-order chi connectivity index (χ0) is 22.6. The molecule has 1 aromatic carbocycles. The van der Waals surface area contributed by atoms with E-state index in [9.17, 15) is 17.8 Å². The Balaban J connectivity index is 1.47. The van der Waals surface area contributed by atoms with E-state index in [1.165, 1.54) is 10.9 Å². The van der Waals surface area contributed by atoms with Crippen molar-refractivity contribution in [3.8, 4) is 5.88 Å². The monoisotopic (exact) mass is 467 g/mol. The molecule has 0 bridgehead atoms. The molecule has 2 amide bonds. The summed E-state index contributed by atoms with van der Waals surface area (Å²) in [5.41, 5.74) is 2.27. The number of methoxy groups -OCH3 is 1. The molecule has 0 spiro atoms. The predicted molar refractivity (Wildman–Crippen MR) is 111 cm³/mol. The van der Waals surface area contributed by atoms with Gasteiger partial charge in [-0.15, -0.1) is 4.36 Å². The molecule has 5 rings (SSSR count). The third-order valence-corrected chi connectivity index (χ3v) is 7.56. The highest BCUT2D eigenvalue weighted by atomic mass is 32.2. The Morgan fingerprint density at radius 3 is 2.88 bits per heavy atom. The maximum atomic E-state index is 14.8. The molecule has 0 unspecified atom stereocenters. The average molecular weight is 467 g/mol. The lowest BCUT2D eigenvalue weighted by Gasteiger charge is -2.23. The number of aromatic nitrogens is 2. The average Bonchev–Trinajstić information content (AvgIpc) is 3.48. The molecule has 32 heavy (non-hydrogen) atoms. The van der Waals surface area contributed by atoms with Crippen molar-refractivity contribution < 1.29 is 27.3 Å². The van der Waals surface area contributed by atoms with E-state index in [0.29, 0.717) is 47.3 Å². The van der Waals surface area contributed by atoms with E-state index in [-0.39, 0.29) is 42.1 Å². The standard InChI is InChI=1S/C20H23F2N5O4S/c1-30-11-8-27-19(31-9-11)16(7-24-27)32(23,29)26-20(28)25-18-13-4-2-3-12(13)17(22)14-5-10(21)6-15(14)18/h7,10-11H,2-6,8-9H2,1H3,(H3,23,25,26,28,29)/t10-,11-,32+/m0/s1. The van der Waals surface area contributed by atoms with Crippen LogP contribution in [0.1, 0.15) is 28.7 Å². The number of carbonyl (C=O) groups excluding carboxylic acids is 1. The summed E-state index contributed by atoms with van der Waals surface area (Å²) < 4.78 is 58.0. The highest BCUT2D eigenvalue weighted by Crippen LogP contribution is 2.41. The minimum atomic E-state index is -3.68. The second-order valence-corrected chi connectivity index (χ2v) is 9.98. The predicted octanol–water partition coefficient (Wildman–Crippen LogP) is 2.29. The number of halogens is 2. The van der Waals surface area contributed by atoms with Crippen molar-refractivity contribution in [2.45, 2.75) is 55.8 Å². The van der Waals surface area contributed by atoms with E-state index in [0.717, 1.165) is 6.42 Å². The van der Waals surface area contributed by atoms with E-state index >= 15 is 0 Å². The number of carbonyl (C=O) groups is 1. The topological polar surface area (TPSA) is 121 Å². The van der Waals surface area contributed by atoms with Gasteiger partial charge in [0.1, 0.15) is 29.6 Å². The molecule has 3 aliphatic rings. The van der Waals surface area contributed by atoms with Crippen molar-refractivity contribution in [2.75, 3.05) is 19.0 Å². The van der Waals surface area contributed by atoms with Crippen LogP contribution in [-0.2, 0) is 46.9 Å². The van der Waals surface area contributed by atoms with Crippen molar-refractivity contribution >= 4 is 21.6 Å². The molecule has 3 N–H and O–H groups in total. The zero-order valence-electron chi connectivity index (χ0n) is 17.4. The lowest BCUT2D eigenvalue weighted by molar-refractivity contribution is 0.0165. The molecular formula is C20H23F2N5O4S. The fourth-order valence-electron chi connectivity index (χ4n) is 4.71. The van der Waals surface area contributed by atoms with Crippen LogP contribution < -0.4 is 15.2 Å². The minimum Gasteiger partial charge on any atom is -0.474 e. The first kappa shape index (κ1) is 21.3. The highest BCUT2D eigenvalue weighted by Gasteiger charge is 2.34. The van der Waals surface area contributed by atoms with Crippen molar-refractivity contribution in [1.29, 1.82) is 0 Å². The van der Waals surface area contributed by atoms with E-state index in [4.69, 9.17) is 14.6 Å². The van der Waals surface area contributed by atoms with Crippen LogP contribution in [0.2, 0.25) is 0 Å². The van der Waals surface area contributed by atoms with Gasteiger partial charge in [0.05, 0.1) is 12.7 Å². The van der Waals surface area contributed by atoms with Gasteiger partial charge in [-0.1, -0.05) is 0 Å². The molecule has 9 nitrogen and oxygen atoms in total. The summed E-state index contributed by atoms with van der Waals surface area (Å²) in [6, 6.07) is -0.951. The second kappa shape index (κ2) is 7.78. The fourth-order valence-corrected chi connectivity index (χ4v) is 5.71. The Morgan fingerprint density at radius 1 is 1.34 bits per heavy atom. The number of nitrogens with zero attached hydrogens (tertiary/aromatic N) is 3. The molecule has 0 radical (unpaired) electrons. The zero-order valence-corrected chi connectivity index (χ0v) is 18.2. The van der Waals surface area contributed by atoms with Crippen LogP contribution >= 0.6 is 0 Å². The van der Waals surface area contributed by atoms with E-state index in [1.807, 2.05) is 0 Å². The molecular weight excluding hydrogens is 444 g/mol. The number of fused-ring (bicyclic) bond motifs is 3. The summed E-state index contributed by atoms with van der Waals surface area (Å²) in [7, 11) is -2.14. The Labute approximate surface area is 183 Å². The molecule has 0 saturated carbocycles. The second-order valence-electron chi connectivity index (χ2n) is 8.22. The normalized spacial score (nSPS) is 23.0. The number of hydrogen-bond acceptors (Lipinski definition) is 5. The third-order valence-electron chi connectivity index (χ3n) is 6.21. The summed E-state index contributed by atoms with van der Waals surface area (Å²) in [5, 5.41) is 12.6. The number of benzene rings is 1. The van der Waals surface area contributed by atoms with Gasteiger partial charge in [0.25, 0.3) is 0 Å². The van der Waals surface area contributed by atoms with Crippen molar-refractivity contribution in [1.82, 2.24) is 9.78 Å². The summed E-state index contributed by atoms with van der Waals surface area (Å²) in [4.78, 5) is 12.7. The largest absolute Gasteiger partial charge is 0.474 e. The number of hydrogen-bond donors (Lipinski definition) is 2. The smallest absolute Gasteiger partial charge is 0.354 e. The van der Waals surface area contributed by atoms with Crippen LogP contribution in [0.4, 0.5) is 19.3 Å². The van der Waals surface area contributed by atoms with Crippen LogP contribution in [0.3, 0.4) is 0 Å². The third kappa shape index (κ3) is 3.46. The van der Waals surface area contributed by atoms with Gasteiger partial charge < -0.3 is 14.8 Å². The van der Waals surface area contributed by atoms with Crippen LogP contribution in [0.5, 0.6) is 5.88 Å². The first-order chi connectivity index (χ1) is 15.3. The Bertz CT molecular complexity index is 1240. The molecule has 1 aliphatic heterocycles. The van der Waals surface area contributed by atoms with E-state index < -0.39 is 22.1 Å². The summed E-state index contributed by atoms with van der Waals surface area (Å²) in [6.45, 7) is 0.598. The first-order valence-corrected chi connectivity index (χ1v) is 11.9. The Morgan fingerprint density at radius 2 is 2.09 bits per heavy atom. The van der Waals surface area contributed by atoms with Gasteiger partial charge in [0.2, 0.25) is 5.88 Å². The molecule has 3 atom stereocenters. The molecule has 2 aliphatic carbocycles. The summed E-state index contributed by atoms with van der Waals surface area (Å²) in [5.74, 6) is -0.200. The summed E-state index contributed by atoms with van der Waals surface area (Å²) >= 11 is 0. The number of anilines is 1. The van der Waals surface area contributed by atoms with Gasteiger partial charge in [0, 0.05) is 25.6 Å². The summed E-state index contributed by atoms with van der Waals surface area (Å²) in [6.07, 6.45) is 1.66. The van der Waals surface area contributed by atoms with Gasteiger partial charge in [-0.2, -0.15) is 5.10 Å². The van der Waals surface area contributed by atoms with Gasteiger partial charge in [-0.25, -0.2) is 27.6 Å². The Kier molecular flexibility index (Phi) is 5.18. The highest BCUT2D eigenvalue weighted by molar-refractivity contribution is 7.91. The number of urea groups is 1. The SMILES string of the molecule is CO[C@@H]1COc2c([S@](N)(=O)=NC(=O)Nc3c4c(c(F)c5c3C[C@@H](F)C5)CCC4)cnn2C1. The molecule has 0 fully saturated rings. The first-order valence-electron chi connectivity index (χ1n) is 10.3. The van der Waals surface area contributed by atoms with E-state index in [1.54, 1.807) is 7.11 Å². The molecule has 0 saturated heterocycles. The van der Waals surface area contributed by atoms with Gasteiger partial charge in [0.15, 0.2) is 9.92 Å². The molecule has 2 aromatic rings.